The molecule has 0 amide bonds. The summed E-state index contributed by atoms with van der Waals surface area (Å²) in [5.74, 6) is 0.914. The zero-order valence-electron chi connectivity index (χ0n) is 13.9. The number of piperidine rings is 1. The van der Waals surface area contributed by atoms with Crippen LogP contribution in [0, 0.1) is 13.8 Å². The van der Waals surface area contributed by atoms with Crippen LogP contribution in [0.2, 0.25) is 0 Å². The molecule has 0 aromatic heterocycles. The number of hydrogen-bond acceptors (Lipinski definition) is 2. The van der Waals surface area contributed by atoms with Crippen LogP contribution in [0.3, 0.4) is 0 Å². The summed E-state index contributed by atoms with van der Waals surface area (Å²) in [6.45, 7) is 9.84. The number of methoxy groups -OCH3 is 1. The highest BCUT2D eigenvalue weighted by atomic mass is 35.5. The Balaban J connectivity index is 2.18. The number of aryl methyl sites for hydroxylation is 2. The molecular weight excluding hydrogens is 282 g/mol. The normalized spacial score (nSPS) is 24.9. The number of alkyl halides is 1. The molecule has 1 aliphatic heterocycles. The molecule has 3 unspecified atom stereocenters. The SMILES string of the molecule is COc1cc(C)c(C(Cl)CN2C(C)CCCC2C)c(C)c1. The molecule has 0 bridgehead atoms. The molecule has 1 aromatic carbocycles. The van der Waals surface area contributed by atoms with Crippen molar-refractivity contribution >= 4 is 11.6 Å². The topological polar surface area (TPSA) is 12.5 Å². The number of hydrogen-bond donors (Lipinski definition) is 0. The highest BCUT2D eigenvalue weighted by Gasteiger charge is 2.27. The Morgan fingerprint density at radius 1 is 1.19 bits per heavy atom. The second-order valence-electron chi connectivity index (χ2n) is 6.47. The summed E-state index contributed by atoms with van der Waals surface area (Å²) < 4.78 is 5.34. The lowest BCUT2D eigenvalue weighted by molar-refractivity contribution is 0.103. The van der Waals surface area contributed by atoms with Gasteiger partial charge in [-0.2, -0.15) is 0 Å². The summed E-state index contributed by atoms with van der Waals surface area (Å²) in [5, 5.41) is 0.0407. The molecule has 0 saturated carbocycles. The fraction of sp³-hybridized carbons (Fsp3) is 0.667. The first-order valence-electron chi connectivity index (χ1n) is 7.99. The third kappa shape index (κ3) is 3.73. The maximum atomic E-state index is 6.79. The first kappa shape index (κ1) is 16.6. The Morgan fingerprint density at radius 3 is 2.19 bits per heavy atom. The molecule has 1 aliphatic rings. The molecule has 2 nitrogen and oxygen atoms in total. The van der Waals surface area contributed by atoms with Gasteiger partial charge < -0.3 is 4.74 Å². The summed E-state index contributed by atoms with van der Waals surface area (Å²) in [7, 11) is 1.71. The minimum atomic E-state index is 0.0407. The van der Waals surface area contributed by atoms with E-state index in [1.54, 1.807) is 7.11 Å². The van der Waals surface area contributed by atoms with Crippen molar-refractivity contribution in [1.29, 1.82) is 0 Å². The van der Waals surface area contributed by atoms with Crippen LogP contribution in [0.1, 0.15) is 55.2 Å². The van der Waals surface area contributed by atoms with E-state index in [0.717, 1.165) is 12.3 Å². The molecule has 1 heterocycles. The number of nitrogens with zero attached hydrogens (tertiary/aromatic N) is 1. The van der Waals surface area contributed by atoms with Gasteiger partial charge in [0.15, 0.2) is 0 Å². The Labute approximate surface area is 134 Å². The number of rotatable bonds is 4. The van der Waals surface area contributed by atoms with Gasteiger partial charge in [0.25, 0.3) is 0 Å². The predicted octanol–water partition coefficient (Wildman–Crippen LogP) is 4.85. The highest BCUT2D eigenvalue weighted by Crippen LogP contribution is 2.33. The molecule has 2 rings (SSSR count). The Morgan fingerprint density at radius 2 is 1.71 bits per heavy atom. The van der Waals surface area contributed by atoms with Crippen molar-refractivity contribution in [2.75, 3.05) is 13.7 Å². The van der Waals surface area contributed by atoms with Crippen molar-refractivity contribution in [3.63, 3.8) is 0 Å². The van der Waals surface area contributed by atoms with E-state index in [1.807, 2.05) is 0 Å². The van der Waals surface area contributed by atoms with Crippen molar-refractivity contribution in [2.45, 2.75) is 64.4 Å². The largest absolute Gasteiger partial charge is 0.497 e. The van der Waals surface area contributed by atoms with Crippen LogP contribution >= 0.6 is 11.6 Å². The molecule has 3 atom stereocenters. The van der Waals surface area contributed by atoms with Crippen molar-refractivity contribution in [3.05, 3.63) is 28.8 Å². The lowest BCUT2D eigenvalue weighted by atomic mass is 9.94. The van der Waals surface area contributed by atoms with Crippen molar-refractivity contribution in [3.8, 4) is 5.75 Å². The summed E-state index contributed by atoms with van der Waals surface area (Å²) in [5.41, 5.74) is 3.72. The van der Waals surface area contributed by atoms with Gasteiger partial charge in [0.2, 0.25) is 0 Å². The molecule has 1 aromatic rings. The number of halogens is 1. The first-order valence-corrected chi connectivity index (χ1v) is 8.42. The van der Waals surface area contributed by atoms with E-state index in [4.69, 9.17) is 16.3 Å². The summed E-state index contributed by atoms with van der Waals surface area (Å²) >= 11 is 6.79. The molecule has 1 fully saturated rings. The van der Waals surface area contributed by atoms with Crippen molar-refractivity contribution < 1.29 is 4.74 Å². The van der Waals surface area contributed by atoms with Gasteiger partial charge in [-0.05, 0) is 69.4 Å². The minimum Gasteiger partial charge on any atom is -0.497 e. The van der Waals surface area contributed by atoms with E-state index in [-0.39, 0.29) is 5.38 Å². The lowest BCUT2D eigenvalue weighted by Gasteiger charge is -2.40. The van der Waals surface area contributed by atoms with E-state index >= 15 is 0 Å². The Hall–Kier alpha value is -0.730. The zero-order chi connectivity index (χ0) is 15.6. The minimum absolute atomic E-state index is 0.0407. The molecule has 3 heteroatoms. The van der Waals surface area contributed by atoms with Gasteiger partial charge in [0.1, 0.15) is 5.75 Å². The quantitative estimate of drug-likeness (QED) is 0.737. The Bertz CT molecular complexity index is 455. The molecule has 1 saturated heterocycles. The second-order valence-corrected chi connectivity index (χ2v) is 6.99. The van der Waals surface area contributed by atoms with Crippen LogP contribution in [0.25, 0.3) is 0 Å². The van der Waals surface area contributed by atoms with Crippen LogP contribution < -0.4 is 4.74 Å². The van der Waals surface area contributed by atoms with E-state index in [1.165, 1.54) is 36.0 Å². The predicted molar refractivity (Wildman–Crippen MR) is 90.5 cm³/mol. The molecule has 0 N–H and O–H groups in total. The van der Waals surface area contributed by atoms with Crippen LogP contribution in [-0.4, -0.2) is 30.6 Å². The van der Waals surface area contributed by atoms with Gasteiger partial charge in [0.05, 0.1) is 12.5 Å². The number of benzene rings is 1. The molecule has 0 spiro atoms. The number of likely N-dealkylation sites (tertiary alicyclic amines) is 1. The second kappa shape index (κ2) is 7.02. The Kier molecular flexibility index (Phi) is 5.56. The van der Waals surface area contributed by atoms with Crippen molar-refractivity contribution in [2.24, 2.45) is 0 Å². The van der Waals surface area contributed by atoms with Crippen LogP contribution in [0.5, 0.6) is 5.75 Å². The monoisotopic (exact) mass is 309 g/mol. The highest BCUT2D eigenvalue weighted by molar-refractivity contribution is 6.21. The van der Waals surface area contributed by atoms with E-state index in [2.05, 4.69) is 44.7 Å². The third-order valence-corrected chi connectivity index (χ3v) is 5.22. The number of ether oxygens (including phenoxy) is 1. The maximum absolute atomic E-state index is 6.79. The van der Waals surface area contributed by atoms with E-state index < -0.39 is 0 Å². The average Bonchev–Trinajstić information content (AvgIpc) is 2.42. The third-order valence-electron chi connectivity index (χ3n) is 4.86. The fourth-order valence-electron chi connectivity index (χ4n) is 3.66. The lowest BCUT2D eigenvalue weighted by Crippen LogP contribution is -2.45. The summed E-state index contributed by atoms with van der Waals surface area (Å²) in [6, 6.07) is 5.43. The van der Waals surface area contributed by atoms with E-state index in [9.17, 15) is 0 Å². The summed E-state index contributed by atoms with van der Waals surface area (Å²) in [6.07, 6.45) is 3.91. The smallest absolute Gasteiger partial charge is 0.119 e. The molecule has 0 radical (unpaired) electrons. The molecule has 0 aliphatic carbocycles. The maximum Gasteiger partial charge on any atom is 0.119 e. The van der Waals surface area contributed by atoms with Gasteiger partial charge in [-0.1, -0.05) is 6.42 Å². The fourth-order valence-corrected chi connectivity index (χ4v) is 4.16. The van der Waals surface area contributed by atoms with Gasteiger partial charge in [-0.3, -0.25) is 4.90 Å². The standard InChI is InChI=1S/C18H28ClNO/c1-12-9-16(21-5)10-13(2)18(12)17(19)11-20-14(3)7-6-8-15(20)4/h9-10,14-15,17H,6-8,11H2,1-5H3. The van der Waals surface area contributed by atoms with Crippen LogP contribution in [0.15, 0.2) is 12.1 Å². The average molecular weight is 310 g/mol. The molecular formula is C18H28ClNO. The van der Waals surface area contributed by atoms with Crippen LogP contribution in [-0.2, 0) is 0 Å². The van der Waals surface area contributed by atoms with Gasteiger partial charge >= 0.3 is 0 Å². The van der Waals surface area contributed by atoms with Crippen LogP contribution in [0.4, 0.5) is 0 Å². The molecule has 21 heavy (non-hydrogen) atoms. The zero-order valence-corrected chi connectivity index (χ0v) is 14.7. The van der Waals surface area contributed by atoms with Gasteiger partial charge in [-0.15, -0.1) is 11.6 Å². The molecule has 118 valence electrons. The first-order chi connectivity index (χ1) is 9.93. The van der Waals surface area contributed by atoms with Gasteiger partial charge in [-0.25, -0.2) is 0 Å². The van der Waals surface area contributed by atoms with Gasteiger partial charge in [0, 0.05) is 18.6 Å². The summed E-state index contributed by atoms with van der Waals surface area (Å²) in [4.78, 5) is 2.57. The van der Waals surface area contributed by atoms with E-state index in [0.29, 0.717) is 12.1 Å². The van der Waals surface area contributed by atoms with Crippen molar-refractivity contribution in [1.82, 2.24) is 4.90 Å².